The normalized spacial score (nSPS) is 10.3. The predicted octanol–water partition coefficient (Wildman–Crippen LogP) is 3.27. The summed E-state index contributed by atoms with van der Waals surface area (Å²) in [6, 6.07) is 10.2. The second kappa shape index (κ2) is 6.52. The first-order valence-electron chi connectivity index (χ1n) is 6.37. The lowest BCUT2D eigenvalue weighted by Gasteiger charge is -2.08. The highest BCUT2D eigenvalue weighted by Crippen LogP contribution is 2.12. The van der Waals surface area contributed by atoms with Gasteiger partial charge in [-0.15, -0.1) is 0 Å². The summed E-state index contributed by atoms with van der Waals surface area (Å²) in [6.07, 6.45) is 2.53. The van der Waals surface area contributed by atoms with Gasteiger partial charge in [-0.1, -0.05) is 22.9 Å². The van der Waals surface area contributed by atoms with Gasteiger partial charge in [0.05, 0.1) is 5.69 Å². The molecular formula is C15H15BrN2O2. The monoisotopic (exact) mass is 334 g/mol. The summed E-state index contributed by atoms with van der Waals surface area (Å²) < 4.78 is 2.52. The van der Waals surface area contributed by atoms with Crippen LogP contribution in [0, 0.1) is 0 Å². The van der Waals surface area contributed by atoms with Gasteiger partial charge in [0.2, 0.25) is 0 Å². The molecule has 20 heavy (non-hydrogen) atoms. The molecule has 104 valence electrons. The van der Waals surface area contributed by atoms with Gasteiger partial charge in [0.1, 0.15) is 0 Å². The minimum Gasteiger partial charge on any atom is -0.321 e. The molecular weight excluding hydrogens is 320 g/mol. The Bertz CT molecular complexity index is 662. The van der Waals surface area contributed by atoms with Crippen LogP contribution in [-0.2, 0) is 6.54 Å². The van der Waals surface area contributed by atoms with Crippen molar-refractivity contribution in [2.45, 2.75) is 19.9 Å². The summed E-state index contributed by atoms with van der Waals surface area (Å²) in [5.41, 5.74) is 1.13. The summed E-state index contributed by atoms with van der Waals surface area (Å²) in [7, 11) is 0. The highest BCUT2D eigenvalue weighted by molar-refractivity contribution is 9.10. The van der Waals surface area contributed by atoms with Gasteiger partial charge in [0, 0.05) is 28.8 Å². The molecule has 0 atom stereocenters. The number of aryl methyl sites for hydroxylation is 1. The third kappa shape index (κ3) is 3.57. The number of anilines is 1. The van der Waals surface area contributed by atoms with Gasteiger partial charge in [0.15, 0.2) is 0 Å². The number of halogens is 1. The van der Waals surface area contributed by atoms with Gasteiger partial charge >= 0.3 is 0 Å². The molecule has 1 aromatic heterocycles. The van der Waals surface area contributed by atoms with E-state index < -0.39 is 0 Å². The molecule has 1 heterocycles. The van der Waals surface area contributed by atoms with E-state index in [1.807, 2.05) is 19.1 Å². The fourth-order valence-corrected chi connectivity index (χ4v) is 2.09. The van der Waals surface area contributed by atoms with E-state index in [1.54, 1.807) is 29.0 Å². The van der Waals surface area contributed by atoms with E-state index in [9.17, 15) is 9.59 Å². The summed E-state index contributed by atoms with van der Waals surface area (Å²) >= 11 is 3.33. The first-order chi connectivity index (χ1) is 9.60. The topological polar surface area (TPSA) is 51.1 Å². The first-order valence-corrected chi connectivity index (χ1v) is 7.17. The Labute approximate surface area is 125 Å². The number of amides is 1. The van der Waals surface area contributed by atoms with Crippen molar-refractivity contribution < 1.29 is 4.79 Å². The number of nitrogens with zero attached hydrogens (tertiary/aromatic N) is 1. The largest absolute Gasteiger partial charge is 0.321 e. The maximum absolute atomic E-state index is 12.1. The molecule has 0 aliphatic carbocycles. The lowest BCUT2D eigenvalue weighted by atomic mass is 10.2. The zero-order valence-electron chi connectivity index (χ0n) is 11.1. The zero-order chi connectivity index (χ0) is 14.5. The third-order valence-corrected chi connectivity index (χ3v) is 3.34. The molecule has 0 unspecified atom stereocenters. The molecule has 0 bridgehead atoms. The number of aromatic nitrogens is 1. The van der Waals surface area contributed by atoms with E-state index in [0.29, 0.717) is 17.8 Å². The van der Waals surface area contributed by atoms with E-state index in [2.05, 4.69) is 21.2 Å². The Kier molecular flexibility index (Phi) is 4.74. The Morgan fingerprint density at radius 3 is 2.55 bits per heavy atom. The van der Waals surface area contributed by atoms with Gasteiger partial charge in [-0.05, 0) is 36.8 Å². The van der Waals surface area contributed by atoms with Crippen LogP contribution in [0.25, 0.3) is 0 Å². The molecule has 5 heteroatoms. The number of carbonyl (C=O) groups is 1. The molecule has 0 saturated heterocycles. The number of benzene rings is 1. The van der Waals surface area contributed by atoms with Crippen LogP contribution >= 0.6 is 15.9 Å². The number of hydrogen-bond acceptors (Lipinski definition) is 2. The average molecular weight is 335 g/mol. The SMILES string of the molecule is CCCn1cc(NC(=O)c2ccc(Br)cc2)ccc1=O. The molecule has 0 spiro atoms. The number of hydrogen-bond donors (Lipinski definition) is 1. The minimum absolute atomic E-state index is 0.0616. The van der Waals surface area contributed by atoms with Crippen molar-refractivity contribution in [2.75, 3.05) is 5.32 Å². The second-order valence-corrected chi connectivity index (χ2v) is 5.33. The van der Waals surface area contributed by atoms with Gasteiger partial charge in [-0.3, -0.25) is 9.59 Å². The van der Waals surface area contributed by atoms with Crippen molar-refractivity contribution >= 4 is 27.5 Å². The molecule has 0 fully saturated rings. The molecule has 2 aromatic rings. The Morgan fingerprint density at radius 1 is 1.20 bits per heavy atom. The van der Waals surface area contributed by atoms with Crippen LogP contribution < -0.4 is 10.9 Å². The van der Waals surface area contributed by atoms with Crippen LogP contribution in [0.4, 0.5) is 5.69 Å². The molecule has 1 aromatic carbocycles. The van der Waals surface area contributed by atoms with E-state index in [-0.39, 0.29) is 11.5 Å². The molecule has 0 aliphatic rings. The van der Waals surface area contributed by atoms with E-state index in [1.165, 1.54) is 6.07 Å². The fraction of sp³-hybridized carbons (Fsp3) is 0.200. The van der Waals surface area contributed by atoms with Gasteiger partial charge in [0.25, 0.3) is 11.5 Å². The van der Waals surface area contributed by atoms with E-state index >= 15 is 0 Å². The average Bonchev–Trinajstić information content (AvgIpc) is 2.43. The Balaban J connectivity index is 2.17. The molecule has 0 aliphatic heterocycles. The standard InChI is InChI=1S/C15H15BrN2O2/c1-2-9-18-10-13(7-8-14(18)19)17-15(20)11-3-5-12(16)6-4-11/h3-8,10H,2,9H2,1H3,(H,17,20). The van der Waals surface area contributed by atoms with Crippen LogP contribution in [-0.4, -0.2) is 10.5 Å². The van der Waals surface area contributed by atoms with Crippen molar-refractivity contribution in [3.63, 3.8) is 0 Å². The van der Waals surface area contributed by atoms with Crippen molar-refractivity contribution in [2.24, 2.45) is 0 Å². The van der Waals surface area contributed by atoms with Gasteiger partial charge in [-0.2, -0.15) is 0 Å². The predicted molar refractivity (Wildman–Crippen MR) is 83.1 cm³/mol. The number of pyridine rings is 1. The van der Waals surface area contributed by atoms with Crippen molar-refractivity contribution in [3.05, 3.63) is 63.0 Å². The first kappa shape index (κ1) is 14.5. The van der Waals surface area contributed by atoms with Crippen molar-refractivity contribution in [3.8, 4) is 0 Å². The summed E-state index contributed by atoms with van der Waals surface area (Å²) in [5, 5.41) is 2.79. The minimum atomic E-state index is -0.195. The highest BCUT2D eigenvalue weighted by Gasteiger charge is 2.06. The van der Waals surface area contributed by atoms with Crippen molar-refractivity contribution in [1.82, 2.24) is 4.57 Å². The van der Waals surface area contributed by atoms with Gasteiger partial charge in [-0.25, -0.2) is 0 Å². The van der Waals surface area contributed by atoms with E-state index in [0.717, 1.165) is 10.9 Å². The van der Waals surface area contributed by atoms with Crippen LogP contribution in [0.15, 0.2) is 51.9 Å². The highest BCUT2D eigenvalue weighted by atomic mass is 79.9. The third-order valence-electron chi connectivity index (χ3n) is 2.81. The Hall–Kier alpha value is -1.88. The van der Waals surface area contributed by atoms with E-state index in [4.69, 9.17) is 0 Å². The van der Waals surface area contributed by atoms with Crippen LogP contribution in [0.2, 0.25) is 0 Å². The molecule has 0 saturated carbocycles. The second-order valence-electron chi connectivity index (χ2n) is 4.41. The summed E-state index contributed by atoms with van der Waals surface area (Å²) in [5.74, 6) is -0.195. The van der Waals surface area contributed by atoms with Crippen LogP contribution in [0.1, 0.15) is 23.7 Å². The van der Waals surface area contributed by atoms with Crippen molar-refractivity contribution in [1.29, 1.82) is 0 Å². The van der Waals surface area contributed by atoms with Gasteiger partial charge < -0.3 is 9.88 Å². The number of rotatable bonds is 4. The van der Waals surface area contributed by atoms with Crippen LogP contribution in [0.3, 0.4) is 0 Å². The maximum atomic E-state index is 12.1. The zero-order valence-corrected chi connectivity index (χ0v) is 12.7. The fourth-order valence-electron chi connectivity index (χ4n) is 1.83. The smallest absolute Gasteiger partial charge is 0.255 e. The Morgan fingerprint density at radius 2 is 1.90 bits per heavy atom. The molecule has 2 rings (SSSR count). The maximum Gasteiger partial charge on any atom is 0.255 e. The molecule has 0 radical (unpaired) electrons. The lowest BCUT2D eigenvalue weighted by Crippen LogP contribution is -2.20. The molecule has 1 N–H and O–H groups in total. The summed E-state index contributed by atoms with van der Waals surface area (Å²) in [6.45, 7) is 2.64. The number of carbonyl (C=O) groups excluding carboxylic acids is 1. The quantitative estimate of drug-likeness (QED) is 0.932. The summed E-state index contributed by atoms with van der Waals surface area (Å²) in [4.78, 5) is 23.7. The molecule has 4 nitrogen and oxygen atoms in total. The number of nitrogens with one attached hydrogen (secondary N) is 1. The van der Waals surface area contributed by atoms with Crippen LogP contribution in [0.5, 0.6) is 0 Å². The molecule has 1 amide bonds. The lowest BCUT2D eigenvalue weighted by molar-refractivity contribution is 0.102.